The lowest BCUT2D eigenvalue weighted by Crippen LogP contribution is -2.67. The van der Waals surface area contributed by atoms with E-state index in [1.54, 1.807) is 7.11 Å². The van der Waals surface area contributed by atoms with Crippen LogP contribution in [0.5, 0.6) is 0 Å². The molecule has 0 aliphatic carbocycles. The summed E-state index contributed by atoms with van der Waals surface area (Å²) in [7, 11) is -0.0235. The molecule has 12 heteroatoms. The average molecular weight is 462 g/mol. The van der Waals surface area contributed by atoms with Crippen LogP contribution in [0.2, 0.25) is 0 Å². The fourth-order valence-electron chi connectivity index (χ4n) is 5.54. The lowest BCUT2D eigenvalue weighted by Gasteiger charge is -2.42. The Morgan fingerprint density at radius 1 is 1.16 bits per heavy atom. The molecule has 6 N–H and O–H groups in total. The number of sulfonamides is 1. The zero-order valence-electron chi connectivity index (χ0n) is 19.0. The summed E-state index contributed by atoms with van der Waals surface area (Å²) in [5.41, 5.74) is 5.84. The second-order valence-electron chi connectivity index (χ2n) is 9.96. The molecule has 0 aromatic heterocycles. The zero-order valence-corrected chi connectivity index (χ0v) is 19.8. The molecular weight excluding hydrogens is 422 g/mol. The molecule has 7 atom stereocenters. The summed E-state index contributed by atoms with van der Waals surface area (Å²) in [4.78, 5) is 0. The minimum Gasteiger partial charge on any atom is -0.390 e. The Bertz CT molecular complexity index is 733. The highest BCUT2D eigenvalue weighted by Crippen LogP contribution is 2.30. The molecule has 180 valence electrons. The van der Waals surface area contributed by atoms with Crippen LogP contribution in [0.1, 0.15) is 26.7 Å². The van der Waals surface area contributed by atoms with Crippen molar-refractivity contribution >= 4 is 10.0 Å². The van der Waals surface area contributed by atoms with E-state index in [0.29, 0.717) is 19.0 Å². The Kier molecular flexibility index (Phi) is 6.96. The van der Waals surface area contributed by atoms with Crippen LogP contribution >= 0.6 is 0 Å². The van der Waals surface area contributed by atoms with E-state index < -0.39 is 20.9 Å². The van der Waals surface area contributed by atoms with Crippen molar-refractivity contribution in [3.63, 3.8) is 0 Å². The van der Waals surface area contributed by atoms with Crippen molar-refractivity contribution in [3.05, 3.63) is 0 Å². The van der Waals surface area contributed by atoms with Gasteiger partial charge in [0, 0.05) is 52.3 Å². The Balaban J connectivity index is 1.41. The maximum absolute atomic E-state index is 13.3. The minimum absolute atomic E-state index is 0.00277. The first-order valence-electron chi connectivity index (χ1n) is 11.3. The van der Waals surface area contributed by atoms with Crippen molar-refractivity contribution in [3.8, 4) is 0 Å². The van der Waals surface area contributed by atoms with Crippen LogP contribution in [-0.2, 0) is 14.8 Å². The van der Waals surface area contributed by atoms with Crippen LogP contribution in [-0.4, -0.2) is 106 Å². The molecule has 4 aliphatic heterocycles. The predicted octanol–water partition coefficient (Wildman–Crippen LogP) is -2.43. The monoisotopic (exact) mass is 461 g/mol. The first kappa shape index (κ1) is 23.7. The van der Waals surface area contributed by atoms with Gasteiger partial charge in [0.2, 0.25) is 10.0 Å². The van der Waals surface area contributed by atoms with Crippen molar-refractivity contribution in [2.24, 2.45) is 11.8 Å². The van der Waals surface area contributed by atoms with Gasteiger partial charge < -0.3 is 15.2 Å². The second-order valence-corrected chi connectivity index (χ2v) is 12.0. The fraction of sp³-hybridized carbons (Fsp3) is 1.00. The molecule has 4 heterocycles. The van der Waals surface area contributed by atoms with Gasteiger partial charge in [-0.05, 0) is 39.2 Å². The molecule has 4 saturated heterocycles. The minimum atomic E-state index is -3.58. The van der Waals surface area contributed by atoms with Crippen LogP contribution in [0.3, 0.4) is 0 Å². The van der Waals surface area contributed by atoms with E-state index in [9.17, 15) is 13.5 Å². The van der Waals surface area contributed by atoms with Gasteiger partial charge in [0.1, 0.15) is 11.5 Å². The molecule has 4 aliphatic rings. The quantitative estimate of drug-likeness (QED) is 0.254. The molecule has 0 spiro atoms. The molecule has 7 unspecified atom stereocenters. The van der Waals surface area contributed by atoms with Crippen LogP contribution in [0, 0.1) is 11.8 Å². The molecule has 0 saturated carbocycles. The van der Waals surface area contributed by atoms with E-state index >= 15 is 0 Å². The lowest BCUT2D eigenvalue weighted by molar-refractivity contribution is -0.0249. The molecule has 4 rings (SSSR count). The second kappa shape index (κ2) is 9.09. The zero-order chi connectivity index (χ0) is 22.4. The normalized spacial score (nSPS) is 40.9. The number of methoxy groups -OCH3 is 1. The van der Waals surface area contributed by atoms with E-state index in [1.165, 1.54) is 0 Å². The highest BCUT2D eigenvalue weighted by molar-refractivity contribution is 7.90. The highest BCUT2D eigenvalue weighted by Gasteiger charge is 2.48. The maximum Gasteiger partial charge on any atom is 0.217 e. The molecule has 31 heavy (non-hydrogen) atoms. The molecule has 0 aromatic carbocycles. The third-order valence-corrected chi connectivity index (χ3v) is 9.27. The lowest BCUT2D eigenvalue weighted by atomic mass is 9.82. The number of ether oxygens (including phenoxy) is 1. The van der Waals surface area contributed by atoms with Gasteiger partial charge in [-0.25, -0.2) is 23.2 Å². The number of hydrogen-bond acceptors (Lipinski definition) is 10. The van der Waals surface area contributed by atoms with Crippen LogP contribution in [0.4, 0.5) is 0 Å². The number of rotatable bonds is 6. The van der Waals surface area contributed by atoms with E-state index in [2.05, 4.69) is 26.2 Å². The number of nitrogens with one attached hydrogen (secondary N) is 5. The summed E-state index contributed by atoms with van der Waals surface area (Å²) in [6, 6.07) is -0.353. The topological polar surface area (TPSA) is 130 Å². The smallest absolute Gasteiger partial charge is 0.217 e. The molecule has 0 radical (unpaired) electrons. The Labute approximate surface area is 185 Å². The molecule has 0 aromatic rings. The van der Waals surface area contributed by atoms with Crippen LogP contribution in [0.15, 0.2) is 0 Å². The predicted molar refractivity (Wildman–Crippen MR) is 117 cm³/mol. The van der Waals surface area contributed by atoms with Crippen LogP contribution < -0.4 is 26.2 Å². The SMILES string of the molecule is COC1NCC2CNN(C)C2C1NS(=O)(=O)C1CNN(C2CC(C(C)(C)O)CCN2)C1. The summed E-state index contributed by atoms with van der Waals surface area (Å²) in [6.07, 6.45) is 1.31. The number of nitrogens with zero attached hydrogens (tertiary/aromatic N) is 2. The number of aliphatic hydroxyl groups is 1. The standard InChI is InChI=1S/C19H39N7O4S/c1-19(2,27)13-5-6-20-15(7-13)26-11-14(10-23-26)31(28,29)24-16-17-12(9-22-25(17)3)8-21-18(16)30-4/h12-18,20-24,27H,5-11H2,1-4H3. The van der Waals surface area contributed by atoms with Gasteiger partial charge >= 0.3 is 0 Å². The fourth-order valence-corrected chi connectivity index (χ4v) is 7.02. The highest BCUT2D eigenvalue weighted by atomic mass is 32.2. The molecular formula is C19H39N7O4S. The van der Waals surface area contributed by atoms with E-state index in [-0.39, 0.29) is 30.4 Å². The number of piperidine rings is 2. The summed E-state index contributed by atoms with van der Waals surface area (Å²) >= 11 is 0. The van der Waals surface area contributed by atoms with Gasteiger partial charge in [-0.2, -0.15) is 0 Å². The van der Waals surface area contributed by atoms with Crippen molar-refractivity contribution in [2.45, 2.75) is 62.0 Å². The van der Waals surface area contributed by atoms with Gasteiger partial charge in [-0.1, -0.05) is 0 Å². The number of fused-ring (bicyclic) bond motifs is 1. The van der Waals surface area contributed by atoms with Gasteiger partial charge in [0.15, 0.2) is 0 Å². The van der Waals surface area contributed by atoms with Crippen molar-refractivity contribution in [2.75, 3.05) is 46.9 Å². The molecule has 11 nitrogen and oxygen atoms in total. The Morgan fingerprint density at radius 2 is 1.94 bits per heavy atom. The summed E-state index contributed by atoms with van der Waals surface area (Å²) in [5.74, 6) is 0.486. The third kappa shape index (κ3) is 4.93. The van der Waals surface area contributed by atoms with Crippen molar-refractivity contribution in [1.82, 2.24) is 36.2 Å². The first-order valence-corrected chi connectivity index (χ1v) is 12.8. The van der Waals surface area contributed by atoms with E-state index in [1.807, 2.05) is 30.9 Å². The van der Waals surface area contributed by atoms with Gasteiger partial charge in [-0.3, -0.25) is 16.2 Å². The molecule has 4 fully saturated rings. The number of hydrogen-bond donors (Lipinski definition) is 6. The first-order chi connectivity index (χ1) is 14.6. The summed E-state index contributed by atoms with van der Waals surface area (Å²) in [5, 5.41) is 20.6. The molecule has 0 bridgehead atoms. The Hall–Kier alpha value is -0.410. The van der Waals surface area contributed by atoms with E-state index in [4.69, 9.17) is 4.74 Å². The number of likely N-dealkylation sites (N-methyl/N-ethyl adjacent to an activating group) is 1. The van der Waals surface area contributed by atoms with Gasteiger partial charge in [-0.15, -0.1) is 0 Å². The summed E-state index contributed by atoms with van der Waals surface area (Å²) < 4.78 is 35.2. The molecule has 0 amide bonds. The Morgan fingerprint density at radius 3 is 2.65 bits per heavy atom. The third-order valence-electron chi connectivity index (χ3n) is 7.48. The van der Waals surface area contributed by atoms with Crippen LogP contribution in [0.25, 0.3) is 0 Å². The van der Waals surface area contributed by atoms with Gasteiger partial charge in [0.05, 0.1) is 17.8 Å². The largest absolute Gasteiger partial charge is 0.390 e. The average Bonchev–Trinajstić information content (AvgIpc) is 3.36. The summed E-state index contributed by atoms with van der Waals surface area (Å²) in [6.45, 7) is 6.86. The maximum atomic E-state index is 13.3. The number of hydrazine groups is 2. The van der Waals surface area contributed by atoms with E-state index in [0.717, 1.165) is 32.5 Å². The van der Waals surface area contributed by atoms with Crippen molar-refractivity contribution < 1.29 is 18.3 Å². The van der Waals surface area contributed by atoms with Crippen molar-refractivity contribution in [1.29, 1.82) is 0 Å². The van der Waals surface area contributed by atoms with Gasteiger partial charge in [0.25, 0.3) is 0 Å².